The van der Waals surface area contributed by atoms with E-state index in [0.29, 0.717) is 11.8 Å². The number of aliphatic hydroxyl groups is 1. The standard InChI is InChI=1S/C10H20O.Zn/c1-7(2)9-5-4-8(3)6-10(9)11;/h7-11H,4-6H2,1-3H3;/t8-,9+,10-;/m1./s1. The van der Waals surface area contributed by atoms with Crippen LogP contribution < -0.4 is 0 Å². The van der Waals surface area contributed by atoms with Gasteiger partial charge in [0.05, 0.1) is 6.10 Å². The minimum absolute atomic E-state index is 0. The molecule has 0 aromatic rings. The Hall–Kier alpha value is 0.583. The molecule has 1 nitrogen and oxygen atoms in total. The fourth-order valence-corrected chi connectivity index (χ4v) is 2.15. The van der Waals surface area contributed by atoms with Crippen LogP contribution in [0, 0.1) is 17.8 Å². The van der Waals surface area contributed by atoms with E-state index in [2.05, 4.69) is 20.8 Å². The molecule has 0 aromatic carbocycles. The van der Waals surface area contributed by atoms with Crippen LogP contribution in [0.25, 0.3) is 0 Å². The summed E-state index contributed by atoms with van der Waals surface area (Å²) in [6, 6.07) is 0. The summed E-state index contributed by atoms with van der Waals surface area (Å²) in [5, 5.41) is 9.71. The van der Waals surface area contributed by atoms with Crippen molar-refractivity contribution in [1.82, 2.24) is 0 Å². The van der Waals surface area contributed by atoms with Gasteiger partial charge in [0.25, 0.3) is 0 Å². The minimum Gasteiger partial charge on any atom is -0.393 e. The number of rotatable bonds is 1. The van der Waals surface area contributed by atoms with Crippen LogP contribution in [0.3, 0.4) is 0 Å². The fourth-order valence-electron chi connectivity index (χ4n) is 2.15. The summed E-state index contributed by atoms with van der Waals surface area (Å²) in [6.07, 6.45) is 3.52. The van der Waals surface area contributed by atoms with Crippen molar-refractivity contribution in [2.45, 2.75) is 46.1 Å². The molecule has 0 aromatic heterocycles. The molecule has 0 saturated heterocycles. The summed E-state index contributed by atoms with van der Waals surface area (Å²) >= 11 is 0. The fraction of sp³-hybridized carbons (Fsp3) is 1.00. The Balaban J connectivity index is 0.00000121. The average molecular weight is 222 g/mol. The molecule has 0 heterocycles. The second-order valence-corrected chi connectivity index (χ2v) is 4.39. The number of hydrogen-bond donors (Lipinski definition) is 1. The van der Waals surface area contributed by atoms with Gasteiger partial charge in [-0.05, 0) is 30.6 Å². The van der Waals surface area contributed by atoms with Crippen LogP contribution >= 0.6 is 0 Å². The first-order valence-electron chi connectivity index (χ1n) is 4.79. The van der Waals surface area contributed by atoms with Crippen molar-refractivity contribution >= 4 is 0 Å². The zero-order valence-electron chi connectivity index (χ0n) is 8.59. The zero-order chi connectivity index (χ0) is 8.43. The molecule has 0 aliphatic heterocycles. The molecule has 0 radical (unpaired) electrons. The molecule has 1 saturated carbocycles. The molecule has 1 aliphatic carbocycles. The number of aliphatic hydroxyl groups excluding tert-OH is 1. The van der Waals surface area contributed by atoms with Crippen molar-refractivity contribution in [3.8, 4) is 0 Å². The summed E-state index contributed by atoms with van der Waals surface area (Å²) < 4.78 is 0. The third kappa shape index (κ3) is 3.14. The van der Waals surface area contributed by atoms with Crippen LogP contribution in [0.5, 0.6) is 0 Å². The van der Waals surface area contributed by atoms with Gasteiger partial charge in [0.1, 0.15) is 0 Å². The summed E-state index contributed by atoms with van der Waals surface area (Å²) in [7, 11) is 0. The van der Waals surface area contributed by atoms with Crippen LogP contribution in [0.4, 0.5) is 0 Å². The first-order chi connectivity index (χ1) is 5.11. The van der Waals surface area contributed by atoms with E-state index < -0.39 is 0 Å². The Morgan fingerprint density at radius 3 is 2.25 bits per heavy atom. The molecule has 1 rings (SSSR count). The molecule has 3 atom stereocenters. The van der Waals surface area contributed by atoms with Crippen molar-refractivity contribution in [2.75, 3.05) is 0 Å². The van der Waals surface area contributed by atoms with Gasteiger partial charge in [0.2, 0.25) is 0 Å². The van der Waals surface area contributed by atoms with Crippen LogP contribution in [0.15, 0.2) is 0 Å². The molecular weight excluding hydrogens is 201 g/mol. The second kappa shape index (κ2) is 5.34. The summed E-state index contributed by atoms with van der Waals surface area (Å²) in [5.74, 6) is 1.95. The van der Waals surface area contributed by atoms with Gasteiger partial charge >= 0.3 is 0 Å². The van der Waals surface area contributed by atoms with Gasteiger partial charge < -0.3 is 5.11 Å². The molecule has 0 bridgehead atoms. The Bertz CT molecular complexity index is 125. The second-order valence-electron chi connectivity index (χ2n) is 4.39. The van der Waals surface area contributed by atoms with Crippen LogP contribution in [0.2, 0.25) is 0 Å². The van der Waals surface area contributed by atoms with E-state index in [1.807, 2.05) is 0 Å². The maximum absolute atomic E-state index is 9.71. The topological polar surface area (TPSA) is 20.2 Å². The largest absolute Gasteiger partial charge is 0.393 e. The van der Waals surface area contributed by atoms with Crippen molar-refractivity contribution < 1.29 is 24.6 Å². The van der Waals surface area contributed by atoms with Gasteiger partial charge in [-0.25, -0.2) is 0 Å². The quantitative estimate of drug-likeness (QED) is 0.675. The van der Waals surface area contributed by atoms with E-state index in [0.717, 1.165) is 12.3 Å². The van der Waals surface area contributed by atoms with E-state index in [9.17, 15) is 5.11 Å². The molecular formula is C10H20OZn. The molecule has 12 heavy (non-hydrogen) atoms. The normalized spacial score (nSPS) is 36.2. The Morgan fingerprint density at radius 2 is 1.83 bits per heavy atom. The summed E-state index contributed by atoms with van der Waals surface area (Å²) in [5.41, 5.74) is 0. The maximum Gasteiger partial charge on any atom is 0.0573 e. The Labute approximate surface area is 88.7 Å². The zero-order valence-corrected chi connectivity index (χ0v) is 11.6. The van der Waals surface area contributed by atoms with Gasteiger partial charge in [-0.2, -0.15) is 0 Å². The van der Waals surface area contributed by atoms with Gasteiger partial charge in [-0.1, -0.05) is 27.2 Å². The molecule has 1 aliphatic rings. The van der Waals surface area contributed by atoms with Crippen molar-refractivity contribution in [3.63, 3.8) is 0 Å². The van der Waals surface area contributed by atoms with E-state index in [4.69, 9.17) is 0 Å². The van der Waals surface area contributed by atoms with Gasteiger partial charge in [0.15, 0.2) is 0 Å². The minimum atomic E-state index is -0.0289. The third-order valence-electron chi connectivity index (χ3n) is 2.99. The monoisotopic (exact) mass is 220 g/mol. The molecule has 0 amide bonds. The summed E-state index contributed by atoms with van der Waals surface area (Å²) in [6.45, 7) is 6.66. The smallest absolute Gasteiger partial charge is 0.0573 e. The first-order valence-corrected chi connectivity index (χ1v) is 4.79. The molecule has 0 unspecified atom stereocenters. The van der Waals surface area contributed by atoms with Crippen LogP contribution in [-0.2, 0) is 19.5 Å². The van der Waals surface area contributed by atoms with Crippen molar-refractivity contribution in [3.05, 3.63) is 0 Å². The van der Waals surface area contributed by atoms with E-state index >= 15 is 0 Å². The van der Waals surface area contributed by atoms with E-state index in [-0.39, 0.29) is 25.6 Å². The van der Waals surface area contributed by atoms with Crippen molar-refractivity contribution in [2.24, 2.45) is 17.8 Å². The molecule has 0 spiro atoms. The predicted molar refractivity (Wildman–Crippen MR) is 47.3 cm³/mol. The average Bonchev–Trinajstić information content (AvgIpc) is 1.85. The molecule has 1 fully saturated rings. The Morgan fingerprint density at radius 1 is 1.25 bits per heavy atom. The van der Waals surface area contributed by atoms with E-state index in [1.165, 1.54) is 12.8 Å². The summed E-state index contributed by atoms with van der Waals surface area (Å²) in [4.78, 5) is 0. The molecule has 68 valence electrons. The maximum atomic E-state index is 9.71. The van der Waals surface area contributed by atoms with Gasteiger partial charge in [-0.3, -0.25) is 0 Å². The van der Waals surface area contributed by atoms with E-state index in [1.54, 1.807) is 0 Å². The van der Waals surface area contributed by atoms with Crippen LogP contribution in [0.1, 0.15) is 40.0 Å². The SMILES string of the molecule is CC(C)[C@@H]1CC[C@@H](C)C[C@H]1O.[Zn]. The molecule has 1 N–H and O–H groups in total. The Kier molecular flexibility index (Phi) is 5.60. The predicted octanol–water partition coefficient (Wildman–Crippen LogP) is 2.44. The van der Waals surface area contributed by atoms with Gasteiger partial charge in [-0.15, -0.1) is 0 Å². The first kappa shape index (κ1) is 12.6. The molecule has 2 heteroatoms. The third-order valence-corrected chi connectivity index (χ3v) is 2.99. The van der Waals surface area contributed by atoms with Crippen LogP contribution in [-0.4, -0.2) is 11.2 Å². The van der Waals surface area contributed by atoms with Gasteiger partial charge in [0, 0.05) is 19.5 Å². The van der Waals surface area contributed by atoms with Crippen molar-refractivity contribution in [1.29, 1.82) is 0 Å². The number of hydrogen-bond acceptors (Lipinski definition) is 1.